The van der Waals surface area contributed by atoms with Gasteiger partial charge in [0.05, 0.1) is 23.2 Å². The number of carbonyl (C=O) groups is 2. The average molecular weight is 438 g/mol. The lowest BCUT2D eigenvalue weighted by Gasteiger charge is -2.08. The molecule has 0 saturated heterocycles. The number of ether oxygens (including phenoxy) is 2. The minimum Gasteiger partial charge on any atom is -0.494 e. The Hall–Kier alpha value is -3.89. The molecule has 0 aliphatic rings. The van der Waals surface area contributed by atoms with E-state index in [1.807, 2.05) is 0 Å². The third-order valence-electron chi connectivity index (χ3n) is 3.75. The molecule has 0 bridgehead atoms. The monoisotopic (exact) mass is 438 g/mol. The fourth-order valence-electron chi connectivity index (χ4n) is 2.34. The Balaban J connectivity index is 1.92. The third kappa shape index (κ3) is 7.14. The Morgan fingerprint density at radius 1 is 1.16 bits per heavy atom. The highest BCUT2D eigenvalue weighted by atomic mass is 19.4. The van der Waals surface area contributed by atoms with E-state index in [2.05, 4.69) is 5.32 Å². The van der Waals surface area contributed by atoms with Crippen LogP contribution >= 0.6 is 0 Å². The molecule has 0 spiro atoms. The molecular weight excluding hydrogens is 421 g/mol. The maximum Gasteiger partial charge on any atom is 0.416 e. The summed E-state index contributed by atoms with van der Waals surface area (Å²) in [6.45, 7) is 1.29. The van der Waals surface area contributed by atoms with E-state index in [1.54, 1.807) is 6.92 Å². The van der Waals surface area contributed by atoms with Gasteiger partial charge in [-0.2, -0.15) is 13.2 Å². The van der Waals surface area contributed by atoms with Crippen molar-refractivity contribution in [1.82, 2.24) is 0 Å². The van der Waals surface area contributed by atoms with Crippen molar-refractivity contribution in [2.24, 2.45) is 0 Å². The molecule has 0 aromatic heterocycles. The quantitative estimate of drug-likeness (QED) is 0.286. The molecular formula is C20H17F3N2O6. The standard InChI is InChI=1S/C20H17F3N2O6/c1-2-30-15-8-9-16(17(11-15)25(28)29)24-18(26)12-31-19(27)10-5-13-3-6-14(7-4-13)20(21,22)23/h3-11H,2,12H2,1H3,(H,24,26)/b10-5+. The van der Waals surface area contributed by atoms with Gasteiger partial charge in [0.1, 0.15) is 11.4 Å². The fourth-order valence-corrected chi connectivity index (χ4v) is 2.34. The molecule has 0 aliphatic heterocycles. The van der Waals surface area contributed by atoms with E-state index in [0.717, 1.165) is 24.3 Å². The molecule has 2 rings (SSSR count). The third-order valence-corrected chi connectivity index (χ3v) is 3.75. The van der Waals surface area contributed by atoms with E-state index in [0.29, 0.717) is 12.2 Å². The van der Waals surface area contributed by atoms with Crippen LogP contribution in [0.25, 0.3) is 6.08 Å². The number of halogens is 3. The van der Waals surface area contributed by atoms with E-state index >= 15 is 0 Å². The van der Waals surface area contributed by atoms with Crippen LogP contribution in [0.15, 0.2) is 48.5 Å². The number of anilines is 1. The molecule has 164 valence electrons. The lowest BCUT2D eigenvalue weighted by atomic mass is 10.1. The van der Waals surface area contributed by atoms with Crippen molar-refractivity contribution in [3.63, 3.8) is 0 Å². The zero-order chi connectivity index (χ0) is 23.0. The summed E-state index contributed by atoms with van der Waals surface area (Å²) in [5.74, 6) is -1.48. The highest BCUT2D eigenvalue weighted by Gasteiger charge is 2.29. The van der Waals surface area contributed by atoms with Gasteiger partial charge < -0.3 is 14.8 Å². The molecule has 0 unspecified atom stereocenters. The van der Waals surface area contributed by atoms with Crippen molar-refractivity contribution in [3.8, 4) is 5.75 Å². The number of alkyl halides is 3. The molecule has 2 aromatic carbocycles. The minimum atomic E-state index is -4.47. The van der Waals surface area contributed by atoms with Gasteiger partial charge in [0.25, 0.3) is 11.6 Å². The number of nitrogens with zero attached hydrogens (tertiary/aromatic N) is 1. The summed E-state index contributed by atoms with van der Waals surface area (Å²) < 4.78 is 47.4. The molecule has 1 amide bonds. The maximum atomic E-state index is 12.5. The lowest BCUT2D eigenvalue weighted by Crippen LogP contribution is -2.20. The van der Waals surface area contributed by atoms with Crippen molar-refractivity contribution in [1.29, 1.82) is 0 Å². The van der Waals surface area contributed by atoms with E-state index in [9.17, 15) is 32.9 Å². The second-order valence-electron chi connectivity index (χ2n) is 5.98. The van der Waals surface area contributed by atoms with Crippen LogP contribution in [0, 0.1) is 10.1 Å². The van der Waals surface area contributed by atoms with E-state index in [1.165, 1.54) is 30.3 Å². The molecule has 11 heteroatoms. The molecule has 0 fully saturated rings. The van der Waals surface area contributed by atoms with Gasteiger partial charge in [-0.3, -0.25) is 14.9 Å². The Kier molecular flexibility index (Phi) is 7.72. The van der Waals surface area contributed by atoms with Crippen LogP contribution in [-0.4, -0.2) is 30.0 Å². The van der Waals surface area contributed by atoms with Crippen molar-refractivity contribution in [2.75, 3.05) is 18.5 Å². The Labute approximate surface area is 174 Å². The summed E-state index contributed by atoms with van der Waals surface area (Å²) in [4.78, 5) is 34.1. The number of nitro groups is 1. The summed E-state index contributed by atoms with van der Waals surface area (Å²) in [5, 5.41) is 13.4. The first-order valence-corrected chi connectivity index (χ1v) is 8.83. The number of nitro benzene ring substituents is 1. The molecule has 0 heterocycles. The number of carbonyl (C=O) groups excluding carboxylic acids is 2. The normalized spacial score (nSPS) is 11.2. The number of amides is 1. The Morgan fingerprint density at radius 3 is 2.42 bits per heavy atom. The second-order valence-corrected chi connectivity index (χ2v) is 5.98. The molecule has 1 N–H and O–H groups in total. The predicted octanol–water partition coefficient (Wildman–Crippen LogP) is 4.21. The van der Waals surface area contributed by atoms with Crippen LogP contribution in [0.1, 0.15) is 18.1 Å². The number of esters is 1. The van der Waals surface area contributed by atoms with Crippen LogP contribution in [0.5, 0.6) is 5.75 Å². The van der Waals surface area contributed by atoms with Gasteiger partial charge >= 0.3 is 12.1 Å². The highest BCUT2D eigenvalue weighted by molar-refractivity contribution is 5.96. The van der Waals surface area contributed by atoms with Crippen molar-refractivity contribution in [3.05, 3.63) is 69.8 Å². The van der Waals surface area contributed by atoms with Crippen molar-refractivity contribution in [2.45, 2.75) is 13.1 Å². The summed E-state index contributed by atoms with van der Waals surface area (Å²) >= 11 is 0. The topological polar surface area (TPSA) is 108 Å². The molecule has 0 saturated carbocycles. The van der Waals surface area contributed by atoms with Crippen molar-refractivity contribution >= 4 is 29.3 Å². The largest absolute Gasteiger partial charge is 0.494 e. The van der Waals surface area contributed by atoms with Crippen LogP contribution in [0.2, 0.25) is 0 Å². The number of hydrogen-bond acceptors (Lipinski definition) is 6. The minimum absolute atomic E-state index is 0.102. The van der Waals surface area contributed by atoms with Crippen LogP contribution in [0.4, 0.5) is 24.5 Å². The zero-order valence-electron chi connectivity index (χ0n) is 16.1. The first-order chi connectivity index (χ1) is 14.6. The lowest BCUT2D eigenvalue weighted by molar-refractivity contribution is -0.384. The van der Waals surface area contributed by atoms with Gasteiger partial charge in [-0.15, -0.1) is 0 Å². The maximum absolute atomic E-state index is 12.5. The van der Waals surface area contributed by atoms with Crippen LogP contribution < -0.4 is 10.1 Å². The fraction of sp³-hybridized carbons (Fsp3) is 0.200. The highest BCUT2D eigenvalue weighted by Crippen LogP contribution is 2.30. The summed E-state index contributed by atoms with van der Waals surface area (Å²) in [6.07, 6.45) is -2.31. The van der Waals surface area contributed by atoms with E-state index in [4.69, 9.17) is 9.47 Å². The zero-order valence-corrected chi connectivity index (χ0v) is 16.1. The van der Waals surface area contributed by atoms with Gasteiger partial charge in [-0.05, 0) is 42.8 Å². The first kappa shape index (κ1) is 23.4. The predicted molar refractivity (Wildman–Crippen MR) is 104 cm³/mol. The summed E-state index contributed by atoms with van der Waals surface area (Å²) in [7, 11) is 0. The van der Waals surface area contributed by atoms with E-state index < -0.39 is 40.8 Å². The summed E-state index contributed by atoms with van der Waals surface area (Å²) in [5.41, 5.74) is -1.01. The molecule has 2 aromatic rings. The van der Waals surface area contributed by atoms with Gasteiger partial charge in [-0.1, -0.05) is 12.1 Å². The van der Waals surface area contributed by atoms with Crippen molar-refractivity contribution < 1.29 is 37.2 Å². The molecule has 0 atom stereocenters. The molecule has 31 heavy (non-hydrogen) atoms. The second kappa shape index (κ2) is 10.2. The Bertz CT molecular complexity index is 987. The van der Waals surface area contributed by atoms with Gasteiger partial charge in [0, 0.05) is 6.08 Å². The van der Waals surface area contributed by atoms with Gasteiger partial charge in [0.2, 0.25) is 0 Å². The SMILES string of the molecule is CCOc1ccc(NC(=O)COC(=O)/C=C/c2ccc(C(F)(F)F)cc2)c([N+](=O)[O-])c1. The van der Waals surface area contributed by atoms with Crippen LogP contribution in [0.3, 0.4) is 0 Å². The number of hydrogen-bond donors (Lipinski definition) is 1. The Morgan fingerprint density at radius 2 is 1.84 bits per heavy atom. The molecule has 0 aliphatic carbocycles. The van der Waals surface area contributed by atoms with Gasteiger partial charge in [-0.25, -0.2) is 4.79 Å². The molecule has 0 radical (unpaired) electrons. The van der Waals surface area contributed by atoms with E-state index in [-0.39, 0.29) is 11.4 Å². The summed E-state index contributed by atoms with van der Waals surface area (Å²) in [6, 6.07) is 7.94. The average Bonchev–Trinajstić information content (AvgIpc) is 2.71. The first-order valence-electron chi connectivity index (χ1n) is 8.83. The molecule has 8 nitrogen and oxygen atoms in total. The smallest absolute Gasteiger partial charge is 0.416 e. The number of benzene rings is 2. The number of rotatable bonds is 8. The van der Waals surface area contributed by atoms with Crippen LogP contribution in [-0.2, 0) is 20.5 Å². The van der Waals surface area contributed by atoms with Gasteiger partial charge in [0.15, 0.2) is 6.61 Å². The number of nitrogens with one attached hydrogen (secondary N) is 1.